The quantitative estimate of drug-likeness (QED) is 0.0907. The third kappa shape index (κ3) is 6.19. The fourth-order valence-corrected chi connectivity index (χ4v) is 6.77. The number of nitrogens with two attached hydrogens (primary N) is 1. The van der Waals surface area contributed by atoms with Crippen LogP contribution in [0.1, 0.15) is 5.69 Å². The number of carboxylic acid groups (broad SMARTS) is 1. The van der Waals surface area contributed by atoms with Crippen LogP contribution in [0.4, 0.5) is 10.8 Å². The first-order valence-electron chi connectivity index (χ1n) is 11.9. The number of carbonyl (C=O) groups is 4. The number of aliphatic carboxylic acids is 1. The fraction of sp³-hybridized carbons (Fsp3) is 0.273. The number of anilines is 2. The Bertz CT molecular complexity index is 1590. The number of hydrogen-bond acceptors (Lipinski definition) is 15. The number of fused-ring (bicyclic) bond motifs is 1. The number of nitrogens with one attached hydrogen (secondary N) is 2. The Balaban J connectivity index is 1.26. The van der Waals surface area contributed by atoms with Crippen LogP contribution >= 0.6 is 34.9 Å². The van der Waals surface area contributed by atoms with Crippen molar-refractivity contribution in [2.24, 2.45) is 12.2 Å². The summed E-state index contributed by atoms with van der Waals surface area (Å²) in [5.74, 6) is -2.67. The maximum absolute atomic E-state index is 13.2. The number of thioether (sulfide) groups is 2. The number of carboxylic acids is 1. The number of amides is 3. The molecule has 0 saturated carbocycles. The molecule has 3 aromatic heterocycles. The first-order valence-corrected chi connectivity index (χ1v) is 14.8. The zero-order valence-electron chi connectivity index (χ0n) is 21.5. The van der Waals surface area contributed by atoms with E-state index in [4.69, 9.17) is 10.6 Å². The zero-order chi connectivity index (χ0) is 29.8. The minimum absolute atomic E-state index is 0.0753. The Hall–Kier alpha value is -4.56. The molecule has 218 valence electrons. The van der Waals surface area contributed by atoms with Crippen LogP contribution < -0.4 is 16.4 Å². The van der Waals surface area contributed by atoms with Gasteiger partial charge < -0.3 is 26.3 Å². The lowest BCUT2D eigenvalue weighted by Gasteiger charge is -2.49. The molecule has 2 atom stereocenters. The van der Waals surface area contributed by atoms with E-state index in [0.717, 1.165) is 16.2 Å². The van der Waals surface area contributed by atoms with E-state index in [0.29, 0.717) is 22.2 Å². The Labute approximate surface area is 249 Å². The van der Waals surface area contributed by atoms with Gasteiger partial charge in [0.05, 0.1) is 11.9 Å². The minimum Gasteiger partial charge on any atom is -0.477 e. The number of aromatic nitrogens is 6. The smallest absolute Gasteiger partial charge is 0.352 e. The Morgan fingerprint density at radius 3 is 2.86 bits per heavy atom. The van der Waals surface area contributed by atoms with Gasteiger partial charge in [0.2, 0.25) is 5.16 Å². The van der Waals surface area contributed by atoms with Gasteiger partial charge in [-0.1, -0.05) is 16.9 Å². The molecule has 42 heavy (non-hydrogen) atoms. The van der Waals surface area contributed by atoms with Crippen molar-refractivity contribution in [2.75, 3.05) is 29.2 Å². The first kappa shape index (κ1) is 29.0. The second-order valence-electron chi connectivity index (χ2n) is 8.57. The first-order chi connectivity index (χ1) is 20.2. The van der Waals surface area contributed by atoms with Gasteiger partial charge in [-0.15, -0.1) is 28.2 Å². The summed E-state index contributed by atoms with van der Waals surface area (Å²) in [5.41, 5.74) is 6.31. The van der Waals surface area contributed by atoms with E-state index in [-0.39, 0.29) is 28.0 Å². The largest absolute Gasteiger partial charge is 0.477 e. The van der Waals surface area contributed by atoms with Gasteiger partial charge in [-0.3, -0.25) is 24.3 Å². The summed E-state index contributed by atoms with van der Waals surface area (Å²) in [6.07, 6.45) is 3.00. The lowest BCUT2D eigenvalue weighted by atomic mass is 10.0. The highest BCUT2D eigenvalue weighted by Crippen LogP contribution is 2.41. The molecule has 0 aromatic carbocycles. The highest BCUT2D eigenvalue weighted by atomic mass is 32.2. The third-order valence-corrected chi connectivity index (χ3v) is 8.88. The van der Waals surface area contributed by atoms with Crippen molar-refractivity contribution in [1.29, 1.82) is 0 Å². The number of oxime groups is 1. The van der Waals surface area contributed by atoms with Gasteiger partial charge in [-0.2, -0.15) is 0 Å². The number of nitrogens with zero attached hydrogens (tertiary/aromatic N) is 8. The average Bonchev–Trinajstić information content (AvgIpc) is 3.59. The van der Waals surface area contributed by atoms with E-state index in [2.05, 4.69) is 41.3 Å². The van der Waals surface area contributed by atoms with Crippen molar-refractivity contribution in [2.45, 2.75) is 16.6 Å². The van der Waals surface area contributed by atoms with Crippen LogP contribution in [0.2, 0.25) is 0 Å². The molecule has 20 heteroatoms. The van der Waals surface area contributed by atoms with Crippen molar-refractivity contribution >= 4 is 75.1 Å². The monoisotopic (exact) mass is 631 g/mol. The van der Waals surface area contributed by atoms with E-state index in [9.17, 15) is 24.3 Å². The second kappa shape index (κ2) is 12.5. The summed E-state index contributed by atoms with van der Waals surface area (Å²) in [6.45, 7) is -0.530. The molecular formula is C22H21N11O6S3. The van der Waals surface area contributed by atoms with Gasteiger partial charge in [-0.05, 0) is 28.1 Å². The molecule has 0 aliphatic carbocycles. The highest BCUT2D eigenvalue weighted by Gasteiger charge is 2.54. The van der Waals surface area contributed by atoms with E-state index >= 15 is 0 Å². The molecule has 0 spiro atoms. The van der Waals surface area contributed by atoms with Crippen LogP contribution in [-0.4, -0.2) is 99.1 Å². The lowest BCUT2D eigenvalue weighted by Crippen LogP contribution is -2.71. The number of β-lactam (4-membered cyclic amide) rings is 1. The van der Waals surface area contributed by atoms with Crippen LogP contribution in [0.5, 0.6) is 0 Å². The van der Waals surface area contributed by atoms with Gasteiger partial charge in [0, 0.05) is 30.1 Å². The maximum atomic E-state index is 13.2. The summed E-state index contributed by atoms with van der Waals surface area (Å²) < 4.78 is 1.46. The van der Waals surface area contributed by atoms with Crippen LogP contribution in [0.3, 0.4) is 0 Å². The SMILES string of the molecule is Cn1nnnc1SCC1=C(C(=O)O)N2C(=O)C(NC(=O)/C(=N/OCC(=O)Nc3cccnc3)c3csc(N)n3)C2SC1. The van der Waals surface area contributed by atoms with E-state index in [1.807, 2.05) is 0 Å². The molecule has 5 heterocycles. The second-order valence-corrected chi connectivity index (χ2v) is 11.5. The van der Waals surface area contributed by atoms with E-state index in [1.54, 1.807) is 25.4 Å². The van der Waals surface area contributed by atoms with E-state index in [1.165, 1.54) is 39.8 Å². The molecule has 2 aliphatic heterocycles. The molecule has 3 amide bonds. The minimum atomic E-state index is -1.26. The zero-order valence-corrected chi connectivity index (χ0v) is 24.0. The molecule has 2 aliphatic rings. The number of pyridine rings is 1. The van der Waals surface area contributed by atoms with Crippen LogP contribution in [0.25, 0.3) is 0 Å². The van der Waals surface area contributed by atoms with Gasteiger partial charge in [-0.25, -0.2) is 14.5 Å². The molecule has 5 rings (SSSR count). The molecular weight excluding hydrogens is 611 g/mol. The number of tetrazole rings is 1. The lowest BCUT2D eigenvalue weighted by molar-refractivity contribution is -0.150. The van der Waals surface area contributed by atoms with Gasteiger partial charge in [0.15, 0.2) is 17.5 Å². The van der Waals surface area contributed by atoms with Crippen molar-refractivity contribution in [3.63, 3.8) is 0 Å². The topological polar surface area (TPSA) is 233 Å². The summed E-state index contributed by atoms with van der Waals surface area (Å²) in [5, 5.41) is 31.5. The maximum Gasteiger partial charge on any atom is 0.352 e. The van der Waals surface area contributed by atoms with Crippen molar-refractivity contribution < 1.29 is 29.1 Å². The number of aryl methyl sites for hydroxylation is 1. The summed E-state index contributed by atoms with van der Waals surface area (Å²) in [7, 11) is 1.66. The van der Waals surface area contributed by atoms with Crippen molar-refractivity contribution in [3.05, 3.63) is 46.9 Å². The molecule has 1 fully saturated rings. The molecule has 0 radical (unpaired) electrons. The molecule has 17 nitrogen and oxygen atoms in total. The Morgan fingerprint density at radius 2 is 2.19 bits per heavy atom. The van der Waals surface area contributed by atoms with Gasteiger partial charge in [0.25, 0.3) is 17.7 Å². The fourth-order valence-electron chi connectivity index (χ4n) is 3.89. The number of hydrogen-bond donors (Lipinski definition) is 4. The van der Waals surface area contributed by atoms with Crippen LogP contribution in [0.15, 0.2) is 51.5 Å². The summed E-state index contributed by atoms with van der Waals surface area (Å²) in [6, 6.07) is 2.24. The number of carbonyl (C=O) groups excluding carboxylic acids is 3. The van der Waals surface area contributed by atoms with Crippen LogP contribution in [0, 0.1) is 0 Å². The Morgan fingerprint density at radius 1 is 1.36 bits per heavy atom. The summed E-state index contributed by atoms with van der Waals surface area (Å²) in [4.78, 5) is 64.9. The predicted molar refractivity (Wildman–Crippen MR) is 151 cm³/mol. The van der Waals surface area contributed by atoms with Crippen molar-refractivity contribution in [1.82, 2.24) is 40.4 Å². The van der Waals surface area contributed by atoms with Gasteiger partial charge in [0.1, 0.15) is 22.8 Å². The molecule has 1 saturated heterocycles. The number of thiazole rings is 1. The normalized spacial score (nSPS) is 18.3. The third-order valence-electron chi connectivity index (χ3n) is 5.77. The average molecular weight is 632 g/mol. The Kier molecular flexibility index (Phi) is 8.64. The van der Waals surface area contributed by atoms with Crippen LogP contribution in [-0.2, 0) is 31.1 Å². The molecule has 0 bridgehead atoms. The summed E-state index contributed by atoms with van der Waals surface area (Å²) >= 11 is 3.60. The van der Waals surface area contributed by atoms with E-state index < -0.39 is 41.7 Å². The number of nitrogen functional groups attached to an aromatic ring is 1. The highest BCUT2D eigenvalue weighted by molar-refractivity contribution is 8.01. The predicted octanol–water partition coefficient (Wildman–Crippen LogP) is -0.466. The number of rotatable bonds is 11. The molecule has 3 aromatic rings. The molecule has 5 N–H and O–H groups in total. The van der Waals surface area contributed by atoms with Crippen molar-refractivity contribution in [3.8, 4) is 0 Å². The van der Waals surface area contributed by atoms with Gasteiger partial charge >= 0.3 is 5.97 Å². The standard InChI is InChI=1S/C22H21N11O6S3/c1-32-22(28-30-31-32)42-8-10-7-40-19-15(18(36)33(19)16(10)20(37)38)27-17(35)14(12-9-41-21(23)26-12)29-39-6-13(34)25-11-3-2-4-24-5-11/h2-5,9,15,19H,6-8H2,1H3,(H2,23,26)(H,25,34)(H,27,35)(H,37,38)/b29-14+. The molecule has 2 unspecified atom stereocenters.